The first-order valence-electron chi connectivity index (χ1n) is 28.2. The highest BCUT2D eigenvalue weighted by Crippen LogP contribution is 2.66. The summed E-state index contributed by atoms with van der Waals surface area (Å²) in [5.41, 5.74) is 28.3. The number of aryl methyl sites for hydroxylation is 4. The number of furan rings is 1. The lowest BCUT2D eigenvalue weighted by Gasteiger charge is -2.54. The molecule has 73 heavy (non-hydrogen) atoms. The molecule has 4 nitrogen and oxygen atoms in total. The maximum atomic E-state index is 7.05. The molecule has 5 heteroatoms. The molecule has 0 spiro atoms. The van der Waals surface area contributed by atoms with Gasteiger partial charge in [-0.1, -0.05) is 150 Å². The van der Waals surface area contributed by atoms with Crippen molar-refractivity contribution in [3.8, 4) is 0 Å². The summed E-state index contributed by atoms with van der Waals surface area (Å²) in [6, 6.07) is 32.5. The molecule has 6 aromatic carbocycles. The van der Waals surface area contributed by atoms with Crippen LogP contribution < -0.4 is 31.1 Å². The van der Waals surface area contributed by atoms with Gasteiger partial charge in [-0.2, -0.15) is 0 Å². The lowest BCUT2D eigenvalue weighted by atomic mass is 9.32. The van der Waals surface area contributed by atoms with Gasteiger partial charge in [-0.15, -0.1) is 0 Å². The molecule has 0 amide bonds. The van der Waals surface area contributed by atoms with E-state index < -0.39 is 0 Å². The number of nitrogens with zero attached hydrogens (tertiary/aromatic N) is 3. The van der Waals surface area contributed by atoms with E-state index >= 15 is 0 Å². The van der Waals surface area contributed by atoms with E-state index in [1.165, 1.54) is 156 Å². The molecule has 2 aliphatic carbocycles. The van der Waals surface area contributed by atoms with Crippen LogP contribution in [0, 0.1) is 27.7 Å². The number of rotatable bonds is 2. The van der Waals surface area contributed by atoms with Gasteiger partial charge >= 0.3 is 0 Å². The van der Waals surface area contributed by atoms with E-state index in [1.54, 1.807) is 5.56 Å². The van der Waals surface area contributed by atoms with Gasteiger partial charge in [0.2, 0.25) is 0 Å². The summed E-state index contributed by atoms with van der Waals surface area (Å²) in [4.78, 5) is 8.58. The predicted molar refractivity (Wildman–Crippen MR) is 314 cm³/mol. The second-order valence-electron chi connectivity index (χ2n) is 28.3. The average molecular weight is 966 g/mol. The number of fused-ring (bicyclic) bond motifs is 13. The third-order valence-electron chi connectivity index (χ3n) is 20.8. The van der Waals surface area contributed by atoms with Crippen LogP contribution in [-0.2, 0) is 27.1 Å². The Morgan fingerprint density at radius 2 is 1.04 bits per heavy atom. The second-order valence-corrected chi connectivity index (χ2v) is 28.3. The van der Waals surface area contributed by atoms with Gasteiger partial charge in [-0.05, 0) is 175 Å². The molecule has 2 saturated carbocycles. The van der Waals surface area contributed by atoms with Gasteiger partial charge < -0.3 is 19.1 Å². The summed E-state index contributed by atoms with van der Waals surface area (Å²) in [7, 11) is 0. The monoisotopic (exact) mass is 966 g/mol. The SMILES string of the molecule is Cc1cc(C)c2c3c1B1c4cc5c(cc4N(c4c(C)cc(C(C)(C)C)cc4C)c4cc(N6c7ccc(C(C)(C)C)cc7C7(C)CCCCC67C)cc(c41)N3C1(C)CCCCC21C)oc1ccc(C(C)(C)C)cc15. The Labute approximate surface area is 438 Å². The molecule has 376 valence electrons. The normalized spacial score (nSPS) is 25.0. The van der Waals surface area contributed by atoms with Gasteiger partial charge in [0.25, 0.3) is 6.71 Å². The third-order valence-corrected chi connectivity index (χ3v) is 20.8. The standard InChI is InChI=1S/C68H80BN3O/c1-39-30-40(2)58-61-57(39)66(15)27-19-21-29-68(66,17)72(61)54-36-46(71-51-24-22-44(63(8,9)10)34-49(51)65(14)26-18-20-28-67(65,71)16)35-53-59(54)69(58)50-37-48-47-33-43(62(5,6)7)23-25-55(47)73-56(48)38-52(50)70(53)60-41(3)31-45(32-42(60)4)64(11,12)13/h22-25,30-38H,18-21,26-29H2,1-17H3. The third kappa shape index (κ3) is 6.03. The van der Waals surface area contributed by atoms with Crippen LogP contribution in [-0.4, -0.2) is 17.8 Å². The van der Waals surface area contributed by atoms with E-state index in [0.717, 1.165) is 17.6 Å². The Balaban J connectivity index is 1.19. The zero-order chi connectivity index (χ0) is 51.6. The predicted octanol–water partition coefficient (Wildman–Crippen LogP) is 16.8. The van der Waals surface area contributed by atoms with Crippen LogP contribution in [0.5, 0.6) is 0 Å². The minimum Gasteiger partial charge on any atom is -0.456 e. The van der Waals surface area contributed by atoms with Crippen molar-refractivity contribution in [2.24, 2.45) is 0 Å². The minimum absolute atomic E-state index is 0.00489. The zero-order valence-corrected chi connectivity index (χ0v) is 47.5. The molecule has 0 saturated heterocycles. The highest BCUT2D eigenvalue weighted by Gasteiger charge is 2.63. The Morgan fingerprint density at radius 1 is 0.466 bits per heavy atom. The van der Waals surface area contributed by atoms with Crippen LogP contribution in [0.2, 0.25) is 0 Å². The molecule has 4 unspecified atom stereocenters. The molecule has 7 aromatic rings. The highest BCUT2D eigenvalue weighted by atomic mass is 16.3. The van der Waals surface area contributed by atoms with Crippen molar-refractivity contribution in [2.75, 3.05) is 14.7 Å². The fraction of sp³-hybridized carbons (Fsp3) is 0.471. The number of hydrogen-bond donors (Lipinski definition) is 0. The Bertz CT molecular complexity index is 3550. The van der Waals surface area contributed by atoms with Gasteiger partial charge in [0.05, 0.1) is 16.8 Å². The van der Waals surface area contributed by atoms with Gasteiger partial charge in [0.15, 0.2) is 0 Å². The molecular formula is C68H80BN3O. The Hall–Kier alpha value is -5.42. The quantitative estimate of drug-likeness (QED) is 0.161. The second kappa shape index (κ2) is 14.7. The highest BCUT2D eigenvalue weighted by molar-refractivity contribution is 7.00. The van der Waals surface area contributed by atoms with E-state index in [-0.39, 0.29) is 44.9 Å². The first kappa shape index (κ1) is 47.3. The first-order valence-corrected chi connectivity index (χ1v) is 28.2. The van der Waals surface area contributed by atoms with Crippen molar-refractivity contribution in [1.29, 1.82) is 0 Å². The summed E-state index contributed by atoms with van der Waals surface area (Å²) >= 11 is 0. The first-order chi connectivity index (χ1) is 34.2. The van der Waals surface area contributed by atoms with Crippen molar-refractivity contribution in [3.63, 3.8) is 0 Å². The zero-order valence-electron chi connectivity index (χ0n) is 47.5. The lowest BCUT2D eigenvalue weighted by Crippen LogP contribution is -2.65. The van der Waals surface area contributed by atoms with Crippen LogP contribution in [0.25, 0.3) is 21.9 Å². The summed E-state index contributed by atoms with van der Waals surface area (Å²) < 4.78 is 7.05. The smallest absolute Gasteiger partial charge is 0.252 e. The van der Waals surface area contributed by atoms with Crippen LogP contribution >= 0.6 is 0 Å². The summed E-state index contributed by atoms with van der Waals surface area (Å²) in [6.45, 7) is 41.4. The molecule has 0 N–H and O–H groups in total. The van der Waals surface area contributed by atoms with Crippen LogP contribution in [0.1, 0.15) is 191 Å². The fourth-order valence-electron chi connectivity index (χ4n) is 16.5. The Morgan fingerprint density at radius 3 is 1.70 bits per heavy atom. The van der Waals surface area contributed by atoms with E-state index in [1.807, 2.05) is 0 Å². The molecular weight excluding hydrogens is 886 g/mol. The van der Waals surface area contributed by atoms with E-state index in [2.05, 4.69) is 211 Å². The van der Waals surface area contributed by atoms with Crippen molar-refractivity contribution >= 4 is 84.9 Å². The molecule has 2 fully saturated rings. The van der Waals surface area contributed by atoms with Crippen molar-refractivity contribution in [1.82, 2.24) is 0 Å². The number of benzene rings is 6. The lowest BCUT2D eigenvalue weighted by molar-refractivity contribution is 0.193. The maximum absolute atomic E-state index is 7.05. The van der Waals surface area contributed by atoms with E-state index in [4.69, 9.17) is 4.42 Å². The number of anilines is 7. The average Bonchev–Trinajstić information content (AvgIpc) is 3.90. The molecule has 0 radical (unpaired) electrons. The topological polar surface area (TPSA) is 22.9 Å². The molecule has 1 aromatic heterocycles. The molecule has 5 heterocycles. The summed E-state index contributed by atoms with van der Waals surface area (Å²) in [5, 5.41) is 2.42. The fourth-order valence-corrected chi connectivity index (χ4v) is 16.5. The number of hydrogen-bond acceptors (Lipinski definition) is 4. The van der Waals surface area contributed by atoms with Crippen LogP contribution in [0.15, 0.2) is 83.3 Å². The maximum Gasteiger partial charge on any atom is 0.252 e. The van der Waals surface area contributed by atoms with Gasteiger partial charge in [-0.25, -0.2) is 0 Å². The van der Waals surface area contributed by atoms with Crippen LogP contribution in [0.3, 0.4) is 0 Å². The molecule has 4 atom stereocenters. The van der Waals surface area contributed by atoms with Gasteiger partial charge in [0, 0.05) is 61.8 Å². The van der Waals surface area contributed by atoms with Gasteiger partial charge in [0.1, 0.15) is 11.2 Å². The van der Waals surface area contributed by atoms with Crippen molar-refractivity contribution in [2.45, 2.75) is 207 Å². The van der Waals surface area contributed by atoms with E-state index in [0.29, 0.717) is 0 Å². The van der Waals surface area contributed by atoms with E-state index in [9.17, 15) is 0 Å². The van der Waals surface area contributed by atoms with Crippen molar-refractivity contribution < 1.29 is 4.42 Å². The molecule has 0 bridgehead atoms. The van der Waals surface area contributed by atoms with Crippen molar-refractivity contribution in [3.05, 3.63) is 129 Å². The molecule has 13 rings (SSSR count). The summed E-state index contributed by atoms with van der Waals surface area (Å²) in [6.07, 6.45) is 9.74. The largest absolute Gasteiger partial charge is 0.456 e. The molecule has 4 aliphatic heterocycles. The minimum atomic E-state index is -0.117. The van der Waals surface area contributed by atoms with Gasteiger partial charge in [-0.3, -0.25) is 0 Å². The summed E-state index contributed by atoms with van der Waals surface area (Å²) in [5.74, 6) is 0. The Kier molecular flexibility index (Phi) is 9.53. The molecule has 6 aliphatic rings. The van der Waals surface area contributed by atoms with Crippen LogP contribution in [0.4, 0.5) is 39.8 Å².